The number of carboxylic acid groups (broad SMARTS) is 1. The molecule has 2 amide bonds. The number of hydrogen-bond acceptors (Lipinski definition) is 2. The Kier molecular flexibility index (Phi) is 5.67. The zero-order valence-electron chi connectivity index (χ0n) is 15.3. The first-order chi connectivity index (χ1) is 12.8. The SMILES string of the molecule is CC(C)(C)N(C(=O)O)c1ccc(F)c(C(=O)Nc2cccc(C(F)(F)F)c2)c1. The van der Waals surface area contributed by atoms with Gasteiger partial charge < -0.3 is 10.4 Å². The molecule has 0 bridgehead atoms. The van der Waals surface area contributed by atoms with Gasteiger partial charge in [0, 0.05) is 16.9 Å². The molecule has 28 heavy (non-hydrogen) atoms. The number of halogens is 4. The molecule has 0 aliphatic heterocycles. The summed E-state index contributed by atoms with van der Waals surface area (Å²) in [6.45, 7) is 4.85. The maximum Gasteiger partial charge on any atom is 0.416 e. The first-order valence-electron chi connectivity index (χ1n) is 8.12. The zero-order chi connectivity index (χ0) is 21.3. The highest BCUT2D eigenvalue weighted by Gasteiger charge is 2.31. The molecule has 2 aromatic rings. The first-order valence-corrected chi connectivity index (χ1v) is 8.12. The summed E-state index contributed by atoms with van der Waals surface area (Å²) in [4.78, 5) is 24.9. The third-order valence-electron chi connectivity index (χ3n) is 3.76. The summed E-state index contributed by atoms with van der Waals surface area (Å²) < 4.78 is 52.5. The second-order valence-electron chi connectivity index (χ2n) is 6.99. The van der Waals surface area contributed by atoms with E-state index in [0.29, 0.717) is 0 Å². The van der Waals surface area contributed by atoms with E-state index in [0.717, 1.165) is 35.2 Å². The molecule has 0 heterocycles. The molecule has 2 rings (SSSR count). The Bertz CT molecular complexity index is 905. The number of carbonyl (C=O) groups is 2. The van der Waals surface area contributed by atoms with E-state index in [-0.39, 0.29) is 11.4 Å². The number of anilines is 2. The van der Waals surface area contributed by atoms with Crippen molar-refractivity contribution in [2.75, 3.05) is 10.2 Å². The van der Waals surface area contributed by atoms with Gasteiger partial charge in [0.1, 0.15) is 5.82 Å². The van der Waals surface area contributed by atoms with Crippen LogP contribution in [-0.4, -0.2) is 22.6 Å². The number of carbonyl (C=O) groups excluding carboxylic acids is 1. The Morgan fingerprint density at radius 2 is 1.68 bits per heavy atom. The summed E-state index contributed by atoms with van der Waals surface area (Å²) in [6.07, 6.45) is -5.90. The Labute approximate surface area is 158 Å². The van der Waals surface area contributed by atoms with Crippen LogP contribution in [0.3, 0.4) is 0 Å². The molecule has 0 saturated carbocycles. The van der Waals surface area contributed by atoms with E-state index >= 15 is 0 Å². The topological polar surface area (TPSA) is 69.6 Å². The Morgan fingerprint density at radius 1 is 1.04 bits per heavy atom. The van der Waals surface area contributed by atoms with E-state index in [4.69, 9.17) is 0 Å². The summed E-state index contributed by atoms with van der Waals surface area (Å²) >= 11 is 0. The molecule has 0 saturated heterocycles. The maximum atomic E-state index is 14.1. The molecule has 0 radical (unpaired) electrons. The van der Waals surface area contributed by atoms with Gasteiger partial charge in [-0.15, -0.1) is 0 Å². The molecule has 150 valence electrons. The fourth-order valence-electron chi connectivity index (χ4n) is 2.58. The van der Waals surface area contributed by atoms with Crippen molar-refractivity contribution in [2.24, 2.45) is 0 Å². The molecule has 0 unspecified atom stereocenters. The normalized spacial score (nSPS) is 11.8. The number of amides is 2. The van der Waals surface area contributed by atoms with Crippen molar-refractivity contribution in [2.45, 2.75) is 32.5 Å². The van der Waals surface area contributed by atoms with Crippen LogP contribution in [0.25, 0.3) is 0 Å². The molecule has 0 aliphatic carbocycles. The lowest BCUT2D eigenvalue weighted by Crippen LogP contribution is -2.45. The van der Waals surface area contributed by atoms with Crippen molar-refractivity contribution in [3.63, 3.8) is 0 Å². The average molecular weight is 398 g/mol. The lowest BCUT2D eigenvalue weighted by molar-refractivity contribution is -0.137. The van der Waals surface area contributed by atoms with Crippen LogP contribution < -0.4 is 10.2 Å². The molecule has 0 aromatic heterocycles. The van der Waals surface area contributed by atoms with Gasteiger partial charge in [-0.1, -0.05) is 6.07 Å². The Balaban J connectivity index is 2.38. The molecule has 5 nitrogen and oxygen atoms in total. The number of nitrogens with one attached hydrogen (secondary N) is 1. The van der Waals surface area contributed by atoms with Crippen molar-refractivity contribution in [1.29, 1.82) is 0 Å². The minimum absolute atomic E-state index is 0.0515. The molecule has 0 aliphatic rings. The van der Waals surface area contributed by atoms with Crippen LogP contribution in [0.1, 0.15) is 36.7 Å². The molecule has 2 N–H and O–H groups in total. The van der Waals surface area contributed by atoms with Crippen molar-refractivity contribution in [3.8, 4) is 0 Å². The molecule has 2 aromatic carbocycles. The van der Waals surface area contributed by atoms with Gasteiger partial charge >= 0.3 is 12.3 Å². The van der Waals surface area contributed by atoms with E-state index in [1.54, 1.807) is 20.8 Å². The van der Waals surface area contributed by atoms with Gasteiger partial charge in [-0.25, -0.2) is 9.18 Å². The van der Waals surface area contributed by atoms with Crippen LogP contribution in [0.2, 0.25) is 0 Å². The van der Waals surface area contributed by atoms with E-state index in [1.807, 2.05) is 0 Å². The van der Waals surface area contributed by atoms with Crippen molar-refractivity contribution < 1.29 is 32.3 Å². The second kappa shape index (κ2) is 7.49. The predicted molar refractivity (Wildman–Crippen MR) is 96.1 cm³/mol. The lowest BCUT2D eigenvalue weighted by Gasteiger charge is -2.33. The van der Waals surface area contributed by atoms with Gasteiger partial charge in [0.2, 0.25) is 0 Å². The average Bonchev–Trinajstić information content (AvgIpc) is 2.54. The monoisotopic (exact) mass is 398 g/mol. The van der Waals surface area contributed by atoms with E-state index in [1.165, 1.54) is 12.1 Å². The maximum absolute atomic E-state index is 14.1. The fourth-order valence-corrected chi connectivity index (χ4v) is 2.58. The number of benzene rings is 2. The number of alkyl halides is 3. The van der Waals surface area contributed by atoms with E-state index in [2.05, 4.69) is 5.32 Å². The van der Waals surface area contributed by atoms with Crippen molar-refractivity contribution in [3.05, 3.63) is 59.4 Å². The second-order valence-corrected chi connectivity index (χ2v) is 6.99. The highest BCUT2D eigenvalue weighted by molar-refractivity contribution is 6.05. The number of nitrogens with zero attached hydrogens (tertiary/aromatic N) is 1. The first kappa shape index (κ1) is 21.2. The highest BCUT2D eigenvalue weighted by Crippen LogP contribution is 2.31. The minimum Gasteiger partial charge on any atom is -0.465 e. The molecule has 0 atom stereocenters. The molecular weight excluding hydrogens is 380 g/mol. The van der Waals surface area contributed by atoms with Crippen LogP contribution in [0.5, 0.6) is 0 Å². The third-order valence-corrected chi connectivity index (χ3v) is 3.76. The predicted octanol–water partition coefficient (Wildman–Crippen LogP) is 5.38. The van der Waals surface area contributed by atoms with Gasteiger partial charge in [-0.2, -0.15) is 13.2 Å². The Hall–Kier alpha value is -3.10. The Morgan fingerprint density at radius 3 is 2.21 bits per heavy atom. The summed E-state index contributed by atoms with van der Waals surface area (Å²) in [5.74, 6) is -1.94. The standard InChI is InChI=1S/C19H18F4N2O3/c1-18(2,3)25(17(27)28)13-7-8-15(20)14(10-13)16(26)24-12-6-4-5-11(9-12)19(21,22)23/h4-10H,1-3H3,(H,24,26)(H,27,28). The zero-order valence-corrected chi connectivity index (χ0v) is 15.3. The smallest absolute Gasteiger partial charge is 0.416 e. The van der Waals surface area contributed by atoms with Gasteiger partial charge in [0.25, 0.3) is 5.91 Å². The molecule has 0 spiro atoms. The number of rotatable bonds is 3. The van der Waals surface area contributed by atoms with Crippen LogP contribution in [0.15, 0.2) is 42.5 Å². The minimum atomic E-state index is -4.60. The van der Waals surface area contributed by atoms with Gasteiger partial charge in [0.15, 0.2) is 0 Å². The van der Waals surface area contributed by atoms with Gasteiger partial charge in [-0.3, -0.25) is 9.69 Å². The van der Waals surface area contributed by atoms with Gasteiger partial charge in [-0.05, 0) is 57.2 Å². The fraction of sp³-hybridized carbons (Fsp3) is 0.263. The summed E-state index contributed by atoms with van der Waals surface area (Å²) in [5, 5.41) is 11.6. The van der Waals surface area contributed by atoms with Crippen molar-refractivity contribution in [1.82, 2.24) is 0 Å². The molecule has 0 fully saturated rings. The highest BCUT2D eigenvalue weighted by atomic mass is 19.4. The van der Waals surface area contributed by atoms with E-state index < -0.39 is 40.7 Å². The van der Waals surface area contributed by atoms with E-state index in [9.17, 15) is 32.3 Å². The summed E-state index contributed by atoms with van der Waals surface area (Å²) in [6, 6.07) is 7.07. The largest absolute Gasteiger partial charge is 0.465 e. The van der Waals surface area contributed by atoms with Crippen molar-refractivity contribution >= 4 is 23.4 Å². The quantitative estimate of drug-likeness (QED) is 0.682. The molecular formula is C19H18F4N2O3. The molecule has 9 heteroatoms. The summed E-state index contributed by atoms with van der Waals surface area (Å²) in [5.41, 5.74) is -2.46. The van der Waals surface area contributed by atoms with Crippen LogP contribution in [0.4, 0.5) is 33.7 Å². The third kappa shape index (κ3) is 4.79. The van der Waals surface area contributed by atoms with Gasteiger partial charge in [0.05, 0.1) is 11.1 Å². The van der Waals surface area contributed by atoms with Crippen LogP contribution in [-0.2, 0) is 6.18 Å². The summed E-state index contributed by atoms with van der Waals surface area (Å²) in [7, 11) is 0. The lowest BCUT2D eigenvalue weighted by atomic mass is 10.0. The number of hydrogen-bond donors (Lipinski definition) is 2. The van der Waals surface area contributed by atoms with Crippen LogP contribution >= 0.6 is 0 Å². The van der Waals surface area contributed by atoms with Crippen LogP contribution in [0, 0.1) is 5.82 Å².